The first-order valence-electron chi connectivity index (χ1n) is 8.90. The van der Waals surface area contributed by atoms with E-state index in [2.05, 4.69) is 0 Å². The van der Waals surface area contributed by atoms with Gasteiger partial charge in [-0.2, -0.15) is 0 Å². The highest BCUT2D eigenvalue weighted by atomic mass is 35.5. The van der Waals surface area contributed by atoms with E-state index >= 15 is 0 Å². The molecule has 2 rings (SSSR count). The lowest BCUT2D eigenvalue weighted by molar-refractivity contribution is -0.151. The Morgan fingerprint density at radius 1 is 1.04 bits per heavy atom. The van der Waals surface area contributed by atoms with Gasteiger partial charge in [0, 0.05) is 44.0 Å². The van der Waals surface area contributed by atoms with Gasteiger partial charge in [-0.05, 0) is 29.8 Å². The van der Waals surface area contributed by atoms with Crippen LogP contribution in [0.3, 0.4) is 0 Å². The van der Waals surface area contributed by atoms with Gasteiger partial charge in [0.1, 0.15) is 0 Å². The molecule has 0 aliphatic heterocycles. The SMILES string of the molecule is CN(Cc1ccc(N(C)C)cc1)C(=O)COC(=O)CCSc1ccccc1Cl. The molecule has 150 valence electrons. The lowest BCUT2D eigenvalue weighted by Gasteiger charge is -2.18. The minimum Gasteiger partial charge on any atom is -0.456 e. The molecule has 5 nitrogen and oxygen atoms in total. The Balaban J connectivity index is 1.70. The van der Waals surface area contributed by atoms with Gasteiger partial charge in [-0.1, -0.05) is 35.9 Å². The van der Waals surface area contributed by atoms with Crippen LogP contribution in [0.25, 0.3) is 0 Å². The second-order valence-corrected chi connectivity index (χ2v) is 8.04. The average molecular weight is 421 g/mol. The topological polar surface area (TPSA) is 49.9 Å². The second kappa shape index (κ2) is 11.0. The molecule has 0 N–H and O–H groups in total. The summed E-state index contributed by atoms with van der Waals surface area (Å²) in [4.78, 5) is 28.5. The molecule has 2 aromatic carbocycles. The third-order valence-electron chi connectivity index (χ3n) is 4.06. The Morgan fingerprint density at radius 3 is 2.36 bits per heavy atom. The molecular weight excluding hydrogens is 396 g/mol. The van der Waals surface area contributed by atoms with Crippen molar-refractivity contribution in [2.24, 2.45) is 0 Å². The fraction of sp³-hybridized carbons (Fsp3) is 0.333. The first kappa shape index (κ1) is 22.1. The standard InChI is InChI=1S/C21H25ClN2O3S/c1-23(2)17-10-8-16(9-11-17)14-24(3)20(25)15-27-21(26)12-13-28-19-7-5-4-6-18(19)22/h4-11H,12-15H2,1-3H3. The summed E-state index contributed by atoms with van der Waals surface area (Å²) in [5.41, 5.74) is 2.12. The molecule has 1 amide bonds. The number of carbonyl (C=O) groups excluding carboxylic acids is 2. The van der Waals surface area contributed by atoms with Crippen molar-refractivity contribution in [1.82, 2.24) is 4.90 Å². The molecule has 0 radical (unpaired) electrons. The zero-order chi connectivity index (χ0) is 20.5. The summed E-state index contributed by atoms with van der Waals surface area (Å²) in [6.07, 6.45) is 0.221. The van der Waals surface area contributed by atoms with E-state index in [0.29, 0.717) is 17.3 Å². The molecule has 0 spiro atoms. The number of carbonyl (C=O) groups is 2. The summed E-state index contributed by atoms with van der Waals surface area (Å²) in [5, 5.41) is 0.663. The van der Waals surface area contributed by atoms with E-state index in [0.717, 1.165) is 16.1 Å². The molecule has 0 aromatic heterocycles. The number of likely N-dealkylation sites (N-methyl/N-ethyl adjacent to an activating group) is 1. The lowest BCUT2D eigenvalue weighted by atomic mass is 10.2. The van der Waals surface area contributed by atoms with Gasteiger partial charge >= 0.3 is 5.97 Å². The number of hydrogen-bond donors (Lipinski definition) is 0. The monoisotopic (exact) mass is 420 g/mol. The zero-order valence-corrected chi connectivity index (χ0v) is 17.9. The minimum absolute atomic E-state index is 0.221. The van der Waals surface area contributed by atoms with Crippen molar-refractivity contribution in [3.63, 3.8) is 0 Å². The number of rotatable bonds is 9. The van der Waals surface area contributed by atoms with Crippen molar-refractivity contribution in [2.45, 2.75) is 17.9 Å². The van der Waals surface area contributed by atoms with Gasteiger partial charge in [-0.15, -0.1) is 11.8 Å². The van der Waals surface area contributed by atoms with E-state index in [1.165, 1.54) is 11.8 Å². The number of nitrogens with zero attached hydrogens (tertiary/aromatic N) is 2. The van der Waals surface area contributed by atoms with Gasteiger partial charge in [-0.25, -0.2) is 0 Å². The molecule has 0 fully saturated rings. The van der Waals surface area contributed by atoms with Crippen LogP contribution in [-0.4, -0.2) is 50.3 Å². The van der Waals surface area contributed by atoms with Crippen LogP contribution in [-0.2, 0) is 20.9 Å². The molecule has 0 unspecified atom stereocenters. The Kier molecular flexibility index (Phi) is 8.67. The molecule has 0 aliphatic carbocycles. The molecular formula is C21H25ClN2O3S. The van der Waals surface area contributed by atoms with Crippen LogP contribution >= 0.6 is 23.4 Å². The van der Waals surface area contributed by atoms with Crippen molar-refractivity contribution in [3.8, 4) is 0 Å². The predicted octanol–water partition coefficient (Wildman–Crippen LogP) is 4.09. The maximum absolute atomic E-state index is 12.2. The normalized spacial score (nSPS) is 10.4. The van der Waals surface area contributed by atoms with Crippen molar-refractivity contribution in [1.29, 1.82) is 0 Å². The fourth-order valence-electron chi connectivity index (χ4n) is 2.39. The van der Waals surface area contributed by atoms with Crippen LogP contribution < -0.4 is 4.90 Å². The van der Waals surface area contributed by atoms with Crippen LogP contribution in [0, 0.1) is 0 Å². The second-order valence-electron chi connectivity index (χ2n) is 6.50. The summed E-state index contributed by atoms with van der Waals surface area (Å²) in [5.74, 6) is -0.0782. The average Bonchev–Trinajstić information content (AvgIpc) is 2.68. The number of hydrogen-bond acceptors (Lipinski definition) is 5. The summed E-state index contributed by atoms with van der Waals surface area (Å²) < 4.78 is 5.10. The summed E-state index contributed by atoms with van der Waals surface area (Å²) in [6.45, 7) is 0.217. The highest BCUT2D eigenvalue weighted by molar-refractivity contribution is 7.99. The van der Waals surface area contributed by atoms with Gasteiger partial charge in [0.15, 0.2) is 6.61 Å². The summed E-state index contributed by atoms with van der Waals surface area (Å²) >= 11 is 7.57. The van der Waals surface area contributed by atoms with Gasteiger partial charge < -0.3 is 14.5 Å². The smallest absolute Gasteiger partial charge is 0.307 e. The first-order valence-corrected chi connectivity index (χ1v) is 10.3. The number of halogens is 1. The van der Waals surface area contributed by atoms with Crippen LogP contribution in [0.2, 0.25) is 5.02 Å². The Bertz CT molecular complexity index is 796. The Morgan fingerprint density at radius 2 is 1.71 bits per heavy atom. The molecule has 0 aliphatic rings. The number of esters is 1. The molecule has 0 saturated heterocycles. The number of amides is 1. The van der Waals surface area contributed by atoms with Gasteiger partial charge in [-0.3, -0.25) is 9.59 Å². The van der Waals surface area contributed by atoms with Crippen molar-refractivity contribution in [3.05, 3.63) is 59.1 Å². The zero-order valence-electron chi connectivity index (χ0n) is 16.4. The van der Waals surface area contributed by atoms with E-state index in [9.17, 15) is 9.59 Å². The van der Waals surface area contributed by atoms with Crippen molar-refractivity contribution in [2.75, 3.05) is 38.4 Å². The molecule has 28 heavy (non-hydrogen) atoms. The third kappa shape index (κ3) is 7.09. The Labute approximate surface area is 175 Å². The number of thioether (sulfide) groups is 1. The quantitative estimate of drug-likeness (QED) is 0.451. The largest absolute Gasteiger partial charge is 0.456 e. The van der Waals surface area contributed by atoms with Crippen LogP contribution in [0.15, 0.2) is 53.4 Å². The number of ether oxygens (including phenoxy) is 1. The molecule has 0 heterocycles. The van der Waals surface area contributed by atoms with Crippen LogP contribution in [0.1, 0.15) is 12.0 Å². The lowest BCUT2D eigenvalue weighted by Crippen LogP contribution is -2.30. The highest BCUT2D eigenvalue weighted by Gasteiger charge is 2.13. The predicted molar refractivity (Wildman–Crippen MR) is 115 cm³/mol. The first-order chi connectivity index (χ1) is 13.4. The van der Waals surface area contributed by atoms with E-state index < -0.39 is 5.97 Å². The van der Waals surface area contributed by atoms with Gasteiger partial charge in [0.2, 0.25) is 0 Å². The van der Waals surface area contributed by atoms with Crippen molar-refractivity contribution >= 4 is 40.9 Å². The molecule has 7 heteroatoms. The van der Waals surface area contributed by atoms with Gasteiger partial charge in [0.05, 0.1) is 11.4 Å². The van der Waals surface area contributed by atoms with E-state index in [4.69, 9.17) is 16.3 Å². The fourth-order valence-corrected chi connectivity index (χ4v) is 3.56. The summed E-state index contributed by atoms with van der Waals surface area (Å²) in [7, 11) is 5.65. The van der Waals surface area contributed by atoms with E-state index in [1.54, 1.807) is 11.9 Å². The summed E-state index contributed by atoms with van der Waals surface area (Å²) in [6, 6.07) is 15.4. The highest BCUT2D eigenvalue weighted by Crippen LogP contribution is 2.26. The minimum atomic E-state index is -0.392. The molecule has 0 saturated carbocycles. The van der Waals surface area contributed by atoms with Crippen LogP contribution in [0.5, 0.6) is 0 Å². The third-order valence-corrected chi connectivity index (χ3v) is 5.57. The maximum Gasteiger partial charge on any atom is 0.307 e. The van der Waals surface area contributed by atoms with Gasteiger partial charge in [0.25, 0.3) is 5.91 Å². The Hall–Kier alpha value is -2.18. The maximum atomic E-state index is 12.2. The van der Waals surface area contributed by atoms with E-state index in [-0.39, 0.29) is 18.9 Å². The van der Waals surface area contributed by atoms with Crippen molar-refractivity contribution < 1.29 is 14.3 Å². The van der Waals surface area contributed by atoms with E-state index in [1.807, 2.05) is 67.5 Å². The molecule has 0 bridgehead atoms. The number of anilines is 1. The number of benzene rings is 2. The van der Waals surface area contributed by atoms with Crippen LogP contribution in [0.4, 0.5) is 5.69 Å². The molecule has 0 atom stereocenters. The molecule has 2 aromatic rings.